The van der Waals surface area contributed by atoms with Crippen molar-refractivity contribution in [3.63, 3.8) is 0 Å². The van der Waals surface area contributed by atoms with Gasteiger partial charge in [0.05, 0.1) is 0 Å². The van der Waals surface area contributed by atoms with Crippen LogP contribution < -0.4 is 10.6 Å². The maximum absolute atomic E-state index is 13.1. The lowest BCUT2D eigenvalue weighted by Gasteiger charge is -2.42. The van der Waals surface area contributed by atoms with Gasteiger partial charge in [0.15, 0.2) is 0 Å². The van der Waals surface area contributed by atoms with Crippen LogP contribution >= 0.6 is 0 Å². The molecule has 0 aromatic carbocycles. The maximum Gasteiger partial charge on any atom is 0.325 e. The van der Waals surface area contributed by atoms with Gasteiger partial charge in [-0.2, -0.15) is 0 Å². The highest BCUT2D eigenvalue weighted by atomic mass is 16.2. The molecule has 3 aliphatic rings. The fourth-order valence-corrected chi connectivity index (χ4v) is 5.33. The van der Waals surface area contributed by atoms with Gasteiger partial charge in [-0.05, 0) is 49.9 Å². The van der Waals surface area contributed by atoms with E-state index in [1.165, 1.54) is 0 Å². The zero-order chi connectivity index (χ0) is 23.4. The Morgan fingerprint density at radius 1 is 1.09 bits per heavy atom. The van der Waals surface area contributed by atoms with E-state index < -0.39 is 17.5 Å². The molecule has 0 aromatic heterocycles. The third-order valence-electron chi connectivity index (χ3n) is 8.02. The van der Waals surface area contributed by atoms with E-state index in [0.29, 0.717) is 18.8 Å². The number of rotatable bonds is 7. The minimum absolute atomic E-state index is 0.0490. The lowest BCUT2D eigenvalue weighted by Crippen LogP contribution is -2.51. The normalized spacial score (nSPS) is 26.8. The summed E-state index contributed by atoms with van der Waals surface area (Å²) in [4.78, 5) is 53.2. The average Bonchev–Trinajstić information content (AvgIpc) is 2.97. The summed E-state index contributed by atoms with van der Waals surface area (Å²) in [5, 5.41) is 5.59. The molecule has 0 radical (unpaired) electrons. The van der Waals surface area contributed by atoms with E-state index in [4.69, 9.17) is 0 Å². The van der Waals surface area contributed by atoms with Crippen molar-refractivity contribution in [3.05, 3.63) is 0 Å². The summed E-state index contributed by atoms with van der Waals surface area (Å²) < 4.78 is 0. The molecule has 3 rings (SSSR count). The third-order valence-corrected chi connectivity index (χ3v) is 8.02. The Kier molecular flexibility index (Phi) is 7.83. The number of nitrogens with zero attached hydrogens (tertiary/aromatic N) is 2. The lowest BCUT2D eigenvalue weighted by atomic mass is 9.65. The molecule has 1 spiro atoms. The smallest absolute Gasteiger partial charge is 0.325 e. The van der Waals surface area contributed by atoms with E-state index in [1.807, 2.05) is 4.90 Å². The molecule has 0 bridgehead atoms. The van der Waals surface area contributed by atoms with Crippen molar-refractivity contribution >= 4 is 23.8 Å². The van der Waals surface area contributed by atoms with Gasteiger partial charge >= 0.3 is 6.03 Å². The van der Waals surface area contributed by atoms with Crippen LogP contribution in [0.3, 0.4) is 0 Å². The molecule has 8 nitrogen and oxygen atoms in total. The standard InChI is InChI=1S/C24H40N4O4/c1-4-23(2,3)18-9-12-24(13-10-18)21(31)28(22(32)26-24)17-19(29)25-14-11-20(30)27-15-7-5-6-8-16-27/h18H,4-17H2,1-3H3,(H,25,29)(H,26,32). The zero-order valence-corrected chi connectivity index (χ0v) is 20.0. The molecule has 0 unspecified atom stereocenters. The Bertz CT molecular complexity index is 720. The topological polar surface area (TPSA) is 98.8 Å². The van der Waals surface area contributed by atoms with Crippen LogP contribution in [-0.2, 0) is 14.4 Å². The van der Waals surface area contributed by atoms with Crippen LogP contribution in [0.5, 0.6) is 0 Å². The summed E-state index contributed by atoms with van der Waals surface area (Å²) in [5.74, 6) is -0.115. The van der Waals surface area contributed by atoms with Gasteiger partial charge in [0, 0.05) is 26.1 Å². The number of hydrogen-bond donors (Lipinski definition) is 2. The van der Waals surface area contributed by atoms with E-state index in [1.54, 1.807) is 0 Å². The second kappa shape index (κ2) is 10.2. The van der Waals surface area contributed by atoms with Gasteiger partial charge in [0.1, 0.15) is 12.1 Å². The van der Waals surface area contributed by atoms with Crippen molar-refractivity contribution in [1.82, 2.24) is 20.4 Å². The van der Waals surface area contributed by atoms with Crippen molar-refractivity contribution in [2.45, 2.75) is 90.5 Å². The summed E-state index contributed by atoms with van der Waals surface area (Å²) in [5.41, 5.74) is -0.641. The summed E-state index contributed by atoms with van der Waals surface area (Å²) >= 11 is 0. The van der Waals surface area contributed by atoms with E-state index in [-0.39, 0.29) is 36.7 Å². The predicted octanol–water partition coefficient (Wildman–Crippen LogP) is 2.81. The first-order chi connectivity index (χ1) is 15.2. The predicted molar refractivity (Wildman–Crippen MR) is 122 cm³/mol. The Morgan fingerprint density at radius 2 is 1.72 bits per heavy atom. The van der Waals surface area contributed by atoms with Crippen molar-refractivity contribution in [3.8, 4) is 0 Å². The molecule has 0 aromatic rings. The first-order valence-electron chi connectivity index (χ1n) is 12.4. The number of hydrogen-bond acceptors (Lipinski definition) is 4. The summed E-state index contributed by atoms with van der Waals surface area (Å²) in [6.07, 6.45) is 8.72. The van der Waals surface area contributed by atoms with E-state index in [9.17, 15) is 19.2 Å². The first kappa shape index (κ1) is 24.5. The second-order valence-corrected chi connectivity index (χ2v) is 10.4. The van der Waals surface area contributed by atoms with Gasteiger partial charge in [-0.25, -0.2) is 4.79 Å². The highest BCUT2D eigenvalue weighted by Crippen LogP contribution is 2.45. The molecule has 0 atom stereocenters. The quantitative estimate of drug-likeness (QED) is 0.585. The Labute approximate surface area is 191 Å². The summed E-state index contributed by atoms with van der Waals surface area (Å²) in [6.45, 7) is 8.21. The van der Waals surface area contributed by atoms with Gasteiger partial charge in [-0.15, -0.1) is 0 Å². The van der Waals surface area contributed by atoms with Gasteiger partial charge in [0.2, 0.25) is 11.8 Å². The van der Waals surface area contributed by atoms with Gasteiger partial charge < -0.3 is 15.5 Å². The fourth-order valence-electron chi connectivity index (χ4n) is 5.33. The molecule has 1 saturated carbocycles. The van der Waals surface area contributed by atoms with Crippen molar-refractivity contribution < 1.29 is 19.2 Å². The molecule has 3 fully saturated rings. The highest BCUT2D eigenvalue weighted by Gasteiger charge is 2.53. The Balaban J connectivity index is 1.46. The number of carbonyl (C=O) groups excluding carboxylic acids is 4. The van der Waals surface area contributed by atoms with Crippen molar-refractivity contribution in [2.24, 2.45) is 11.3 Å². The molecule has 2 heterocycles. The lowest BCUT2D eigenvalue weighted by molar-refractivity contribution is -0.136. The molecular formula is C24H40N4O4. The molecular weight excluding hydrogens is 408 g/mol. The Hall–Kier alpha value is -2.12. The molecule has 2 saturated heterocycles. The third kappa shape index (κ3) is 5.44. The molecule has 180 valence electrons. The van der Waals surface area contributed by atoms with Gasteiger partial charge in [-0.1, -0.05) is 40.0 Å². The summed E-state index contributed by atoms with van der Waals surface area (Å²) in [7, 11) is 0. The highest BCUT2D eigenvalue weighted by molar-refractivity contribution is 6.09. The largest absolute Gasteiger partial charge is 0.354 e. The molecule has 2 N–H and O–H groups in total. The molecule has 5 amide bonds. The van der Waals surface area contributed by atoms with Crippen LogP contribution in [0.15, 0.2) is 0 Å². The number of nitrogens with one attached hydrogen (secondary N) is 2. The van der Waals surface area contributed by atoms with E-state index in [2.05, 4.69) is 31.4 Å². The zero-order valence-electron chi connectivity index (χ0n) is 20.0. The number of urea groups is 1. The molecule has 2 aliphatic heterocycles. The van der Waals surface area contributed by atoms with Crippen LogP contribution in [-0.4, -0.2) is 65.3 Å². The minimum atomic E-state index is -0.861. The molecule has 1 aliphatic carbocycles. The van der Waals surface area contributed by atoms with Crippen LogP contribution in [0.25, 0.3) is 0 Å². The summed E-state index contributed by atoms with van der Waals surface area (Å²) in [6, 6.07) is -0.487. The molecule has 32 heavy (non-hydrogen) atoms. The minimum Gasteiger partial charge on any atom is -0.354 e. The SMILES string of the molecule is CCC(C)(C)C1CCC2(CC1)NC(=O)N(CC(=O)NCCC(=O)N1CCCCCC1)C2=O. The maximum atomic E-state index is 13.1. The number of carbonyl (C=O) groups is 4. The number of imide groups is 1. The monoisotopic (exact) mass is 448 g/mol. The second-order valence-electron chi connectivity index (χ2n) is 10.4. The van der Waals surface area contributed by atoms with Crippen LogP contribution in [0.4, 0.5) is 4.79 Å². The molecule has 8 heteroatoms. The van der Waals surface area contributed by atoms with Crippen molar-refractivity contribution in [1.29, 1.82) is 0 Å². The van der Waals surface area contributed by atoms with Crippen LogP contribution in [0, 0.1) is 11.3 Å². The Morgan fingerprint density at radius 3 is 2.31 bits per heavy atom. The number of likely N-dealkylation sites (tertiary alicyclic amines) is 1. The van der Waals surface area contributed by atoms with E-state index in [0.717, 1.165) is 62.9 Å². The average molecular weight is 449 g/mol. The van der Waals surface area contributed by atoms with Crippen LogP contribution in [0.2, 0.25) is 0 Å². The van der Waals surface area contributed by atoms with Crippen molar-refractivity contribution in [2.75, 3.05) is 26.2 Å². The fraction of sp³-hybridized carbons (Fsp3) is 0.833. The first-order valence-corrected chi connectivity index (χ1v) is 12.4. The van der Waals surface area contributed by atoms with E-state index >= 15 is 0 Å². The van der Waals surface area contributed by atoms with Crippen LogP contribution in [0.1, 0.15) is 85.0 Å². The number of amides is 5. The van der Waals surface area contributed by atoms with Gasteiger partial charge in [-0.3, -0.25) is 19.3 Å². The van der Waals surface area contributed by atoms with Gasteiger partial charge in [0.25, 0.3) is 5.91 Å².